The second-order valence-electron chi connectivity index (χ2n) is 5.33. The summed E-state index contributed by atoms with van der Waals surface area (Å²) in [6.07, 6.45) is 0.823. The highest BCUT2D eigenvalue weighted by Gasteiger charge is 2.26. The van der Waals surface area contributed by atoms with Crippen molar-refractivity contribution >= 4 is 27.6 Å². The van der Waals surface area contributed by atoms with Crippen LogP contribution in [-0.2, 0) is 0 Å². The molecule has 2 amide bonds. The minimum Gasteiger partial charge on any atom is -0.490 e. The normalized spacial score (nSPS) is 19.7. The monoisotopic (exact) mass is 360 g/mol. The molecule has 0 bridgehead atoms. The summed E-state index contributed by atoms with van der Waals surface area (Å²) >= 11 is 3.42. The van der Waals surface area contributed by atoms with Gasteiger partial charge in [-0.2, -0.15) is 0 Å². The summed E-state index contributed by atoms with van der Waals surface area (Å²) in [4.78, 5) is 12.3. The number of anilines is 1. The number of hydrogen-bond acceptors (Lipinski definition) is 2. The summed E-state index contributed by atoms with van der Waals surface area (Å²) in [7, 11) is 0. The van der Waals surface area contributed by atoms with E-state index in [-0.39, 0.29) is 18.2 Å². The number of amides is 2. The highest BCUT2D eigenvalue weighted by molar-refractivity contribution is 9.10. The maximum Gasteiger partial charge on any atom is 0.319 e. The molecular weight excluding hydrogens is 344 g/mol. The van der Waals surface area contributed by atoms with Gasteiger partial charge < -0.3 is 15.4 Å². The van der Waals surface area contributed by atoms with Crippen molar-refractivity contribution in [3.8, 4) is 5.75 Å². The lowest BCUT2D eigenvalue weighted by Gasteiger charge is -2.31. The van der Waals surface area contributed by atoms with Crippen molar-refractivity contribution in [2.45, 2.75) is 25.5 Å². The molecule has 0 saturated heterocycles. The summed E-state index contributed by atoms with van der Waals surface area (Å²) in [5.41, 5.74) is 1.76. The summed E-state index contributed by atoms with van der Waals surface area (Å²) in [6.45, 7) is 2.01. The molecule has 5 heteroatoms. The number of hydrogen-bond donors (Lipinski definition) is 2. The Morgan fingerprint density at radius 2 is 1.91 bits per heavy atom. The number of benzene rings is 2. The summed E-state index contributed by atoms with van der Waals surface area (Å²) < 4.78 is 6.65. The van der Waals surface area contributed by atoms with Gasteiger partial charge in [0.1, 0.15) is 5.75 Å². The van der Waals surface area contributed by atoms with Gasteiger partial charge in [-0.3, -0.25) is 0 Å². The average Bonchev–Trinajstić information content (AvgIpc) is 2.49. The summed E-state index contributed by atoms with van der Waals surface area (Å²) in [5, 5.41) is 5.90. The van der Waals surface area contributed by atoms with Gasteiger partial charge in [0.25, 0.3) is 0 Å². The van der Waals surface area contributed by atoms with E-state index in [4.69, 9.17) is 4.74 Å². The number of rotatable bonds is 2. The molecule has 2 aromatic rings. The highest BCUT2D eigenvalue weighted by atomic mass is 79.9. The lowest BCUT2D eigenvalue weighted by Crippen LogP contribution is -2.37. The topological polar surface area (TPSA) is 50.4 Å². The Bertz CT molecular complexity index is 690. The van der Waals surface area contributed by atoms with Crippen molar-refractivity contribution in [3.63, 3.8) is 0 Å². The SMILES string of the molecule is CC1CC(NC(=O)Nc2ccccc2Br)c2ccccc2O1. The molecule has 0 fully saturated rings. The minimum atomic E-state index is -0.221. The third-order valence-corrected chi connectivity index (χ3v) is 4.31. The minimum absolute atomic E-state index is 0.0533. The van der Waals surface area contributed by atoms with Gasteiger partial charge in [-0.25, -0.2) is 4.79 Å². The third kappa shape index (κ3) is 3.25. The van der Waals surface area contributed by atoms with Gasteiger partial charge in [0, 0.05) is 16.5 Å². The standard InChI is InChI=1S/C17H17BrN2O2/c1-11-10-15(12-6-2-5-9-16(12)22-11)20-17(21)19-14-8-4-3-7-13(14)18/h2-9,11,15H,10H2,1H3,(H2,19,20,21). The Balaban J connectivity index is 1.73. The van der Waals surface area contributed by atoms with Gasteiger partial charge in [-0.1, -0.05) is 30.3 Å². The molecule has 2 unspecified atom stereocenters. The van der Waals surface area contributed by atoms with E-state index in [1.807, 2.05) is 55.5 Å². The maximum absolute atomic E-state index is 12.3. The Kier molecular flexibility index (Phi) is 4.34. The summed E-state index contributed by atoms with van der Waals surface area (Å²) in [5.74, 6) is 0.840. The molecule has 2 N–H and O–H groups in total. The second-order valence-corrected chi connectivity index (χ2v) is 6.19. The number of carbonyl (C=O) groups excluding carboxylic acids is 1. The molecule has 2 aromatic carbocycles. The molecule has 1 aliphatic rings. The number of carbonyl (C=O) groups is 1. The number of para-hydroxylation sites is 2. The molecule has 3 rings (SSSR count). The van der Waals surface area contributed by atoms with Crippen molar-refractivity contribution in [2.24, 2.45) is 0 Å². The molecule has 2 atom stereocenters. The number of nitrogens with one attached hydrogen (secondary N) is 2. The first-order chi connectivity index (χ1) is 10.6. The molecule has 4 nitrogen and oxygen atoms in total. The van der Waals surface area contributed by atoms with Crippen LogP contribution in [0.25, 0.3) is 0 Å². The molecule has 0 aromatic heterocycles. The van der Waals surface area contributed by atoms with Crippen LogP contribution in [0.4, 0.5) is 10.5 Å². The zero-order valence-corrected chi connectivity index (χ0v) is 13.8. The highest BCUT2D eigenvalue weighted by Crippen LogP contribution is 2.34. The largest absolute Gasteiger partial charge is 0.490 e. The predicted molar refractivity (Wildman–Crippen MR) is 90.2 cm³/mol. The van der Waals surface area contributed by atoms with E-state index >= 15 is 0 Å². The predicted octanol–water partition coefficient (Wildman–Crippen LogP) is 4.48. The molecule has 0 saturated carbocycles. The molecule has 0 radical (unpaired) electrons. The quantitative estimate of drug-likeness (QED) is 0.829. The van der Waals surface area contributed by atoms with E-state index < -0.39 is 0 Å². The van der Waals surface area contributed by atoms with Crippen LogP contribution in [0.5, 0.6) is 5.75 Å². The van der Waals surface area contributed by atoms with Crippen LogP contribution in [0, 0.1) is 0 Å². The first-order valence-electron chi connectivity index (χ1n) is 7.21. The van der Waals surface area contributed by atoms with E-state index in [1.165, 1.54) is 0 Å². The lowest BCUT2D eigenvalue weighted by atomic mass is 9.97. The maximum atomic E-state index is 12.3. The van der Waals surface area contributed by atoms with Crippen LogP contribution in [0.3, 0.4) is 0 Å². The zero-order valence-electron chi connectivity index (χ0n) is 12.2. The van der Waals surface area contributed by atoms with Crippen molar-refractivity contribution in [1.82, 2.24) is 5.32 Å². The lowest BCUT2D eigenvalue weighted by molar-refractivity contribution is 0.167. The van der Waals surface area contributed by atoms with E-state index in [9.17, 15) is 4.79 Å². The number of fused-ring (bicyclic) bond motifs is 1. The van der Waals surface area contributed by atoms with Crippen molar-refractivity contribution in [1.29, 1.82) is 0 Å². The smallest absolute Gasteiger partial charge is 0.319 e. The van der Waals surface area contributed by atoms with Crippen molar-refractivity contribution < 1.29 is 9.53 Å². The Morgan fingerprint density at radius 1 is 1.18 bits per heavy atom. The summed E-state index contributed by atoms with van der Waals surface area (Å²) in [6, 6.07) is 15.1. The van der Waals surface area contributed by atoms with E-state index in [2.05, 4.69) is 26.6 Å². The molecule has 1 heterocycles. The van der Waals surface area contributed by atoms with Crippen LogP contribution in [0.15, 0.2) is 53.0 Å². The van der Waals surface area contributed by atoms with E-state index in [0.717, 1.165) is 27.9 Å². The molecule has 0 spiro atoms. The first kappa shape index (κ1) is 14.9. The number of ether oxygens (including phenoxy) is 1. The molecule has 0 aliphatic carbocycles. The number of halogens is 1. The van der Waals surface area contributed by atoms with Gasteiger partial charge in [0.2, 0.25) is 0 Å². The molecular formula is C17H17BrN2O2. The number of urea groups is 1. The van der Waals surface area contributed by atoms with E-state index in [1.54, 1.807) is 0 Å². The van der Waals surface area contributed by atoms with Gasteiger partial charge in [-0.05, 0) is 41.1 Å². The van der Waals surface area contributed by atoms with Crippen molar-refractivity contribution in [3.05, 3.63) is 58.6 Å². The molecule has 1 aliphatic heterocycles. The van der Waals surface area contributed by atoms with Gasteiger partial charge in [0.05, 0.1) is 17.8 Å². The van der Waals surface area contributed by atoms with Gasteiger partial charge >= 0.3 is 6.03 Å². The van der Waals surface area contributed by atoms with Crippen molar-refractivity contribution in [2.75, 3.05) is 5.32 Å². The Morgan fingerprint density at radius 3 is 2.73 bits per heavy atom. The second kappa shape index (κ2) is 6.40. The Labute approximate surface area is 138 Å². The molecule has 22 heavy (non-hydrogen) atoms. The molecule has 114 valence electrons. The van der Waals surface area contributed by atoms with Gasteiger partial charge in [0.15, 0.2) is 0 Å². The third-order valence-electron chi connectivity index (χ3n) is 3.62. The van der Waals surface area contributed by atoms with Gasteiger partial charge in [-0.15, -0.1) is 0 Å². The van der Waals surface area contributed by atoms with Crippen LogP contribution < -0.4 is 15.4 Å². The fraction of sp³-hybridized carbons (Fsp3) is 0.235. The van der Waals surface area contributed by atoms with Crippen LogP contribution in [0.2, 0.25) is 0 Å². The van der Waals surface area contributed by atoms with Crippen LogP contribution >= 0.6 is 15.9 Å². The Hall–Kier alpha value is -2.01. The fourth-order valence-electron chi connectivity index (χ4n) is 2.62. The van der Waals surface area contributed by atoms with E-state index in [0.29, 0.717) is 0 Å². The first-order valence-corrected chi connectivity index (χ1v) is 8.00. The van der Waals surface area contributed by atoms with Crippen LogP contribution in [-0.4, -0.2) is 12.1 Å². The average molecular weight is 361 g/mol. The zero-order chi connectivity index (χ0) is 15.5. The fourth-order valence-corrected chi connectivity index (χ4v) is 3.00. The van der Waals surface area contributed by atoms with Crippen LogP contribution in [0.1, 0.15) is 24.9 Å².